The zero-order chi connectivity index (χ0) is 29.1. The van der Waals surface area contributed by atoms with Crippen LogP contribution in [-0.4, -0.2) is 19.6 Å². The fourth-order valence-electron chi connectivity index (χ4n) is 6.25. The molecule has 5 heteroatoms. The van der Waals surface area contributed by atoms with E-state index in [-0.39, 0.29) is 5.75 Å². The van der Waals surface area contributed by atoms with Crippen LogP contribution in [0.4, 0.5) is 0 Å². The Labute approximate surface area is 248 Å². The highest BCUT2D eigenvalue weighted by atomic mass is 16.3. The highest BCUT2D eigenvalue weighted by molar-refractivity contribution is 6.13. The van der Waals surface area contributed by atoms with Gasteiger partial charge in [-0.2, -0.15) is 0 Å². The molecule has 0 fully saturated rings. The van der Waals surface area contributed by atoms with Gasteiger partial charge in [0.15, 0.2) is 0 Å². The summed E-state index contributed by atoms with van der Waals surface area (Å²) in [4.78, 5) is 9.95. The lowest BCUT2D eigenvalue weighted by atomic mass is 9.96. The highest BCUT2D eigenvalue weighted by Crippen LogP contribution is 2.43. The Kier molecular flexibility index (Phi) is 5.66. The van der Waals surface area contributed by atoms with Crippen molar-refractivity contribution in [2.24, 2.45) is 0 Å². The van der Waals surface area contributed by atoms with Crippen LogP contribution in [0.1, 0.15) is 11.1 Å². The maximum absolute atomic E-state index is 11.0. The Hall–Kier alpha value is -5.68. The fourth-order valence-corrected chi connectivity index (χ4v) is 6.25. The van der Waals surface area contributed by atoms with Gasteiger partial charge in [-0.15, -0.1) is 0 Å². The fraction of sp³-hybridized carbons (Fsp3) is 0.0526. The van der Waals surface area contributed by atoms with Crippen LogP contribution in [0, 0.1) is 13.8 Å². The number of pyridine rings is 1. The molecular formula is C38H27N3O2. The number of benzene rings is 5. The molecule has 0 saturated heterocycles. The average molecular weight is 558 g/mol. The summed E-state index contributed by atoms with van der Waals surface area (Å²) in [6, 6.07) is 38.4. The van der Waals surface area contributed by atoms with E-state index in [9.17, 15) is 5.11 Å². The number of aromatic hydroxyl groups is 1. The van der Waals surface area contributed by atoms with Gasteiger partial charge in [-0.1, -0.05) is 66.7 Å². The standard InChI is InChI=1S/C38H27N3O2/c1-23-11-9-12-24(2)36(23)41-32-17-10-15-27(35(32)40-38(41)28-14-3-5-18-33(28)42)30-22-25(31-16-7-8-20-39-31)21-29-26-13-4-6-19-34(26)43-37(29)30/h3-22,42H,1-2H3. The first kappa shape index (κ1) is 25.1. The molecule has 0 aliphatic rings. The molecule has 0 atom stereocenters. The molecule has 3 aromatic heterocycles. The molecule has 0 saturated carbocycles. The third kappa shape index (κ3) is 3.93. The smallest absolute Gasteiger partial charge is 0.149 e. The van der Waals surface area contributed by atoms with E-state index in [1.807, 2.05) is 60.8 Å². The van der Waals surface area contributed by atoms with Crippen LogP contribution in [0.5, 0.6) is 5.75 Å². The molecule has 0 aliphatic heterocycles. The summed E-state index contributed by atoms with van der Waals surface area (Å²) in [6.07, 6.45) is 1.82. The van der Waals surface area contributed by atoms with Crippen LogP contribution in [0.15, 0.2) is 126 Å². The number of nitrogens with zero attached hydrogens (tertiary/aromatic N) is 3. The number of aryl methyl sites for hydroxylation is 2. The van der Waals surface area contributed by atoms with Gasteiger partial charge in [-0.25, -0.2) is 4.98 Å². The second kappa shape index (κ2) is 9.71. The SMILES string of the molecule is Cc1cccc(C)c1-n1c(-c2ccccc2O)nc2c(-c3cc(-c4ccccn4)cc4c3oc3ccccc34)cccc21. The predicted molar refractivity (Wildman–Crippen MR) is 174 cm³/mol. The van der Waals surface area contributed by atoms with Crippen LogP contribution in [0.25, 0.3) is 72.4 Å². The van der Waals surface area contributed by atoms with Gasteiger partial charge in [-0.3, -0.25) is 9.55 Å². The molecule has 1 N–H and O–H groups in total. The number of furan rings is 1. The minimum atomic E-state index is 0.184. The van der Waals surface area contributed by atoms with Gasteiger partial charge in [0.1, 0.15) is 22.7 Å². The molecule has 0 radical (unpaired) electrons. The Balaban J connectivity index is 1.50. The molecule has 0 amide bonds. The van der Waals surface area contributed by atoms with Crippen molar-refractivity contribution in [1.82, 2.24) is 14.5 Å². The number of rotatable bonds is 4. The number of aromatic nitrogens is 3. The number of phenolic OH excluding ortho intramolecular Hbond substituents is 1. The number of fused-ring (bicyclic) bond motifs is 4. The number of para-hydroxylation sites is 4. The lowest BCUT2D eigenvalue weighted by Gasteiger charge is -2.16. The van der Waals surface area contributed by atoms with Gasteiger partial charge in [-0.05, 0) is 73.5 Å². The molecule has 3 heterocycles. The number of phenols is 1. The van der Waals surface area contributed by atoms with Gasteiger partial charge in [0, 0.05) is 33.7 Å². The molecule has 0 spiro atoms. The molecule has 43 heavy (non-hydrogen) atoms. The zero-order valence-electron chi connectivity index (χ0n) is 23.7. The van der Waals surface area contributed by atoms with Crippen molar-refractivity contribution in [3.8, 4) is 45.2 Å². The molecule has 0 unspecified atom stereocenters. The molecular weight excluding hydrogens is 530 g/mol. The molecule has 0 bridgehead atoms. The van der Waals surface area contributed by atoms with Crippen LogP contribution in [-0.2, 0) is 0 Å². The first-order valence-electron chi connectivity index (χ1n) is 14.3. The summed E-state index contributed by atoms with van der Waals surface area (Å²) in [5.41, 5.74) is 11.1. The maximum Gasteiger partial charge on any atom is 0.149 e. The number of hydrogen-bond donors (Lipinski definition) is 1. The van der Waals surface area contributed by atoms with Crippen molar-refractivity contribution in [2.75, 3.05) is 0 Å². The number of imidazole rings is 1. The molecule has 5 aromatic carbocycles. The quantitative estimate of drug-likeness (QED) is 0.234. The first-order valence-corrected chi connectivity index (χ1v) is 14.3. The van der Waals surface area contributed by atoms with E-state index in [2.05, 4.69) is 78.0 Å². The van der Waals surface area contributed by atoms with E-state index in [0.717, 1.165) is 72.2 Å². The second-order valence-corrected chi connectivity index (χ2v) is 10.9. The zero-order valence-corrected chi connectivity index (χ0v) is 23.7. The molecule has 206 valence electrons. The predicted octanol–water partition coefficient (Wildman–Crippen LogP) is 9.64. The lowest BCUT2D eigenvalue weighted by Crippen LogP contribution is -2.02. The Morgan fingerprint density at radius 2 is 1.42 bits per heavy atom. The van der Waals surface area contributed by atoms with E-state index < -0.39 is 0 Å². The first-order chi connectivity index (χ1) is 21.1. The van der Waals surface area contributed by atoms with Gasteiger partial charge in [0.2, 0.25) is 0 Å². The Bertz CT molecular complexity index is 2310. The maximum atomic E-state index is 11.0. The van der Waals surface area contributed by atoms with Crippen LogP contribution in [0.3, 0.4) is 0 Å². The van der Waals surface area contributed by atoms with Crippen molar-refractivity contribution in [2.45, 2.75) is 13.8 Å². The topological polar surface area (TPSA) is 64.1 Å². The second-order valence-electron chi connectivity index (χ2n) is 10.9. The van der Waals surface area contributed by atoms with E-state index in [1.165, 1.54) is 0 Å². The third-order valence-corrected chi connectivity index (χ3v) is 8.22. The van der Waals surface area contributed by atoms with Crippen LogP contribution in [0.2, 0.25) is 0 Å². The Morgan fingerprint density at radius 3 is 2.23 bits per heavy atom. The molecule has 5 nitrogen and oxygen atoms in total. The van der Waals surface area contributed by atoms with E-state index in [4.69, 9.17) is 9.40 Å². The summed E-state index contributed by atoms with van der Waals surface area (Å²) in [7, 11) is 0. The van der Waals surface area contributed by atoms with Crippen molar-refractivity contribution >= 4 is 33.0 Å². The average Bonchev–Trinajstić information content (AvgIpc) is 3.60. The summed E-state index contributed by atoms with van der Waals surface area (Å²) in [5.74, 6) is 0.864. The monoisotopic (exact) mass is 557 g/mol. The van der Waals surface area contributed by atoms with Crippen LogP contribution >= 0.6 is 0 Å². The van der Waals surface area contributed by atoms with Gasteiger partial charge < -0.3 is 9.52 Å². The van der Waals surface area contributed by atoms with E-state index >= 15 is 0 Å². The normalized spacial score (nSPS) is 11.6. The van der Waals surface area contributed by atoms with Crippen molar-refractivity contribution in [1.29, 1.82) is 0 Å². The van der Waals surface area contributed by atoms with Crippen LogP contribution < -0.4 is 0 Å². The summed E-state index contributed by atoms with van der Waals surface area (Å²) in [5, 5.41) is 13.1. The van der Waals surface area contributed by atoms with Gasteiger partial charge in [0.25, 0.3) is 0 Å². The van der Waals surface area contributed by atoms with Gasteiger partial charge in [0.05, 0.1) is 28.0 Å². The summed E-state index contributed by atoms with van der Waals surface area (Å²) in [6.45, 7) is 4.22. The lowest BCUT2D eigenvalue weighted by molar-refractivity contribution is 0.477. The molecule has 0 aliphatic carbocycles. The van der Waals surface area contributed by atoms with Crippen molar-refractivity contribution in [3.63, 3.8) is 0 Å². The Morgan fingerprint density at radius 1 is 0.674 bits per heavy atom. The van der Waals surface area contributed by atoms with Crippen molar-refractivity contribution < 1.29 is 9.52 Å². The summed E-state index contributed by atoms with van der Waals surface area (Å²) >= 11 is 0. The summed E-state index contributed by atoms with van der Waals surface area (Å²) < 4.78 is 8.72. The number of hydrogen-bond acceptors (Lipinski definition) is 4. The van der Waals surface area contributed by atoms with Gasteiger partial charge >= 0.3 is 0 Å². The minimum absolute atomic E-state index is 0.184. The molecule has 8 rings (SSSR count). The highest BCUT2D eigenvalue weighted by Gasteiger charge is 2.23. The largest absolute Gasteiger partial charge is 0.507 e. The third-order valence-electron chi connectivity index (χ3n) is 8.22. The van der Waals surface area contributed by atoms with Crippen molar-refractivity contribution in [3.05, 3.63) is 133 Å². The molecule has 8 aromatic rings. The minimum Gasteiger partial charge on any atom is -0.507 e. The van der Waals surface area contributed by atoms with E-state index in [0.29, 0.717) is 11.4 Å². The van der Waals surface area contributed by atoms with E-state index in [1.54, 1.807) is 6.07 Å².